The highest BCUT2D eigenvalue weighted by atomic mass is 32.1. The summed E-state index contributed by atoms with van der Waals surface area (Å²) in [4.78, 5) is 12.3. The maximum Gasteiger partial charge on any atom is 0.238 e. The maximum absolute atomic E-state index is 5.50. The van der Waals surface area contributed by atoms with Gasteiger partial charge in [-0.15, -0.1) is 0 Å². The van der Waals surface area contributed by atoms with Crippen molar-refractivity contribution in [2.45, 2.75) is 5.16 Å². The first-order valence-corrected chi connectivity index (χ1v) is 4.74. The van der Waals surface area contributed by atoms with Gasteiger partial charge >= 0.3 is 0 Å². The molecular formula is C9H6N5S-. The van der Waals surface area contributed by atoms with Gasteiger partial charge in [-0.1, -0.05) is 12.1 Å². The Kier molecular flexibility index (Phi) is 1.54. The zero-order valence-electron chi connectivity index (χ0n) is 7.58. The number of rotatable bonds is 0. The van der Waals surface area contributed by atoms with Gasteiger partial charge in [0.15, 0.2) is 0 Å². The van der Waals surface area contributed by atoms with E-state index in [1.165, 1.54) is 0 Å². The number of aromatic nitrogens is 4. The normalized spacial score (nSPS) is 11.2. The molecule has 0 fully saturated rings. The fourth-order valence-corrected chi connectivity index (χ4v) is 1.83. The molecule has 0 aliphatic carbocycles. The van der Waals surface area contributed by atoms with Gasteiger partial charge < -0.3 is 18.4 Å². The predicted octanol–water partition coefficient (Wildman–Crippen LogP) is 0.765. The van der Waals surface area contributed by atoms with Crippen molar-refractivity contribution < 1.29 is 0 Å². The molecule has 0 amide bonds. The van der Waals surface area contributed by atoms with E-state index < -0.39 is 0 Å². The molecule has 2 aromatic heterocycles. The first-order chi connectivity index (χ1) is 7.25. The summed E-state index contributed by atoms with van der Waals surface area (Å²) < 4.78 is 1.71. The quantitative estimate of drug-likeness (QED) is 0.562. The lowest BCUT2D eigenvalue weighted by Crippen LogP contribution is -2.02. The standard InChI is InChI=1S/C9H7N5S/c10-7-12-8-11-5-3-1-2-4-6(5)14(8)9(15)13-7/h1-4H,(H3,10,11,12,13,15)/p-1. The van der Waals surface area contributed by atoms with Crippen LogP contribution >= 0.6 is 0 Å². The smallest absolute Gasteiger partial charge is 0.238 e. The molecule has 1 aromatic carbocycles. The molecule has 0 atom stereocenters. The topological polar surface area (TPSA) is 69.1 Å². The van der Waals surface area contributed by atoms with Crippen LogP contribution in [0.5, 0.6) is 0 Å². The van der Waals surface area contributed by atoms with E-state index in [9.17, 15) is 0 Å². The Hall–Kier alpha value is -1.95. The molecule has 0 saturated carbocycles. The van der Waals surface area contributed by atoms with E-state index in [4.69, 9.17) is 18.4 Å². The molecule has 3 rings (SSSR count). The molecule has 0 saturated heterocycles. The van der Waals surface area contributed by atoms with Crippen LogP contribution in [0.3, 0.4) is 0 Å². The van der Waals surface area contributed by atoms with Crippen LogP contribution in [0.4, 0.5) is 5.95 Å². The van der Waals surface area contributed by atoms with Crippen molar-refractivity contribution in [2.75, 3.05) is 5.73 Å². The van der Waals surface area contributed by atoms with Crippen molar-refractivity contribution in [1.82, 2.24) is 19.4 Å². The summed E-state index contributed by atoms with van der Waals surface area (Å²) in [5, 5.41) is 0.381. The first kappa shape index (κ1) is 8.37. The zero-order valence-corrected chi connectivity index (χ0v) is 8.40. The van der Waals surface area contributed by atoms with E-state index in [0.29, 0.717) is 10.9 Å². The summed E-state index contributed by atoms with van der Waals surface area (Å²) in [5.41, 5.74) is 7.24. The largest absolute Gasteiger partial charge is 0.742 e. The molecule has 0 aliphatic heterocycles. The van der Waals surface area contributed by atoms with Gasteiger partial charge in [-0.05, 0) is 17.3 Å². The molecule has 3 aromatic rings. The minimum Gasteiger partial charge on any atom is -0.742 e. The van der Waals surface area contributed by atoms with E-state index in [1.54, 1.807) is 4.40 Å². The maximum atomic E-state index is 5.50. The van der Waals surface area contributed by atoms with Gasteiger partial charge in [0, 0.05) is 0 Å². The molecular weight excluding hydrogens is 210 g/mol. The number of fused-ring (bicyclic) bond motifs is 3. The van der Waals surface area contributed by atoms with Gasteiger partial charge in [-0.2, -0.15) is 4.98 Å². The van der Waals surface area contributed by atoms with Gasteiger partial charge in [0.05, 0.1) is 11.0 Å². The van der Waals surface area contributed by atoms with Crippen LogP contribution in [0.1, 0.15) is 0 Å². The Bertz CT molecular complexity index is 660. The minimum atomic E-state index is 0.155. The van der Waals surface area contributed by atoms with Crippen molar-refractivity contribution in [2.24, 2.45) is 0 Å². The highest BCUT2D eigenvalue weighted by Gasteiger charge is 2.05. The molecule has 5 nitrogen and oxygen atoms in total. The number of nitrogens with two attached hydrogens (primary N) is 1. The SMILES string of the molecule is Nc1nc([S-])n2c(n1)nc1ccccc12. The zero-order chi connectivity index (χ0) is 10.4. The molecule has 6 heteroatoms. The van der Waals surface area contributed by atoms with E-state index in [1.807, 2.05) is 24.3 Å². The molecule has 2 heterocycles. The summed E-state index contributed by atoms with van der Waals surface area (Å²) in [7, 11) is 0. The second-order valence-corrected chi connectivity index (χ2v) is 3.47. The summed E-state index contributed by atoms with van der Waals surface area (Å²) >= 11 is 5.11. The fraction of sp³-hybridized carbons (Fsp3) is 0. The lowest BCUT2D eigenvalue weighted by molar-refractivity contribution is 0.894. The number of para-hydroxylation sites is 2. The number of nitrogen functional groups attached to an aromatic ring is 1. The monoisotopic (exact) mass is 216 g/mol. The van der Waals surface area contributed by atoms with Crippen molar-refractivity contribution >= 4 is 35.4 Å². The third kappa shape index (κ3) is 1.11. The molecule has 74 valence electrons. The lowest BCUT2D eigenvalue weighted by atomic mass is 10.3. The molecule has 15 heavy (non-hydrogen) atoms. The Balaban J connectivity index is 2.61. The highest BCUT2D eigenvalue weighted by Crippen LogP contribution is 2.16. The number of anilines is 1. The number of nitrogens with zero attached hydrogens (tertiary/aromatic N) is 4. The first-order valence-electron chi connectivity index (χ1n) is 4.33. The van der Waals surface area contributed by atoms with E-state index >= 15 is 0 Å². The Morgan fingerprint density at radius 3 is 2.80 bits per heavy atom. The van der Waals surface area contributed by atoms with Crippen LogP contribution < -0.4 is 5.73 Å². The molecule has 2 N–H and O–H groups in total. The summed E-state index contributed by atoms with van der Waals surface area (Å²) in [6.45, 7) is 0. The van der Waals surface area contributed by atoms with E-state index in [2.05, 4.69) is 15.0 Å². The highest BCUT2D eigenvalue weighted by molar-refractivity contribution is 7.58. The molecule has 0 aliphatic rings. The van der Waals surface area contributed by atoms with E-state index in [-0.39, 0.29) is 5.95 Å². The molecule has 0 unspecified atom stereocenters. The molecule has 0 bridgehead atoms. The second-order valence-electron chi connectivity index (χ2n) is 3.10. The Morgan fingerprint density at radius 1 is 1.13 bits per heavy atom. The van der Waals surface area contributed by atoms with Crippen molar-refractivity contribution in [3.63, 3.8) is 0 Å². The van der Waals surface area contributed by atoms with Crippen LogP contribution in [0.15, 0.2) is 29.4 Å². The van der Waals surface area contributed by atoms with Gasteiger partial charge in [0.1, 0.15) is 0 Å². The number of hydrogen-bond donors (Lipinski definition) is 1. The summed E-state index contributed by atoms with van der Waals surface area (Å²) in [6.07, 6.45) is 0. The third-order valence-electron chi connectivity index (χ3n) is 2.16. The number of imidazole rings is 1. The van der Waals surface area contributed by atoms with Gasteiger partial charge in [-0.25, -0.2) is 9.97 Å². The van der Waals surface area contributed by atoms with Gasteiger partial charge in [0.25, 0.3) is 0 Å². The summed E-state index contributed by atoms with van der Waals surface area (Å²) in [6, 6.07) is 7.65. The van der Waals surface area contributed by atoms with E-state index in [0.717, 1.165) is 11.0 Å². The average molecular weight is 216 g/mol. The second kappa shape index (κ2) is 2.77. The van der Waals surface area contributed by atoms with Gasteiger partial charge in [0.2, 0.25) is 11.7 Å². The minimum absolute atomic E-state index is 0.155. The van der Waals surface area contributed by atoms with Crippen LogP contribution in [-0.4, -0.2) is 19.4 Å². The van der Waals surface area contributed by atoms with Crippen molar-refractivity contribution in [1.29, 1.82) is 0 Å². The Morgan fingerprint density at radius 2 is 1.93 bits per heavy atom. The Labute approximate surface area is 90.4 Å². The fourth-order valence-electron chi connectivity index (χ4n) is 1.55. The van der Waals surface area contributed by atoms with Crippen molar-refractivity contribution in [3.05, 3.63) is 24.3 Å². The molecule has 0 radical (unpaired) electrons. The van der Waals surface area contributed by atoms with Crippen LogP contribution in [0.25, 0.3) is 16.8 Å². The van der Waals surface area contributed by atoms with Crippen molar-refractivity contribution in [3.8, 4) is 0 Å². The predicted molar refractivity (Wildman–Crippen MR) is 58.3 cm³/mol. The van der Waals surface area contributed by atoms with Gasteiger partial charge in [-0.3, -0.25) is 4.40 Å². The third-order valence-corrected chi connectivity index (χ3v) is 2.43. The number of hydrogen-bond acceptors (Lipinski definition) is 5. The average Bonchev–Trinajstić information content (AvgIpc) is 2.54. The summed E-state index contributed by atoms with van der Waals surface area (Å²) in [5.74, 6) is 0.650. The van der Waals surface area contributed by atoms with Crippen LogP contribution in [-0.2, 0) is 12.6 Å². The number of benzene rings is 1. The lowest BCUT2D eigenvalue weighted by Gasteiger charge is -2.08. The van der Waals surface area contributed by atoms with Crippen LogP contribution in [0.2, 0.25) is 0 Å². The molecule has 0 spiro atoms. The van der Waals surface area contributed by atoms with Crippen LogP contribution in [0, 0.1) is 0 Å².